The van der Waals surface area contributed by atoms with Gasteiger partial charge in [0.05, 0.1) is 32.3 Å². The lowest BCUT2D eigenvalue weighted by atomic mass is 9.99. The maximum atomic E-state index is 13.1. The quantitative estimate of drug-likeness (QED) is 0.256. The number of hydrogen-bond donors (Lipinski definition) is 2. The predicted octanol–water partition coefficient (Wildman–Crippen LogP) is 4.05. The van der Waals surface area contributed by atoms with Crippen LogP contribution in [0.15, 0.2) is 39.7 Å². The monoisotopic (exact) mass is 614 g/mol. The molecule has 0 bridgehead atoms. The first-order valence-corrected chi connectivity index (χ1v) is 14.4. The Kier molecular flexibility index (Phi) is 8.78. The number of halogens is 1. The van der Waals surface area contributed by atoms with E-state index in [1.165, 1.54) is 13.2 Å². The molecule has 12 heteroatoms. The normalized spacial score (nSPS) is 13.3. The molecule has 1 amide bonds. The van der Waals surface area contributed by atoms with Crippen molar-refractivity contribution in [2.24, 2.45) is 10.7 Å². The van der Waals surface area contributed by atoms with Gasteiger partial charge in [-0.3, -0.25) is 14.4 Å². The highest BCUT2D eigenvalue weighted by atomic mass is 35.5. The smallest absolute Gasteiger partial charge is 0.342 e. The zero-order valence-corrected chi connectivity index (χ0v) is 25.4. The van der Waals surface area contributed by atoms with Crippen molar-refractivity contribution in [1.29, 1.82) is 0 Å². The summed E-state index contributed by atoms with van der Waals surface area (Å²) in [6.07, 6.45) is 0.0238. The van der Waals surface area contributed by atoms with E-state index < -0.39 is 12.0 Å². The van der Waals surface area contributed by atoms with Crippen LogP contribution in [-0.2, 0) is 9.53 Å². The number of rotatable bonds is 5. The number of nitrogens with zero attached hydrogens (tertiary/aromatic N) is 4. The maximum absolute atomic E-state index is 13.1. The summed E-state index contributed by atoms with van der Waals surface area (Å²) in [6, 6.07) is 8.34. The number of methoxy groups -OCH3 is 1. The Labute approximate surface area is 257 Å². The van der Waals surface area contributed by atoms with Crippen LogP contribution in [0.2, 0.25) is 5.02 Å². The second-order valence-electron chi connectivity index (χ2n) is 9.54. The highest BCUT2D eigenvalue weighted by Crippen LogP contribution is 2.39. The molecular weight excluding hydrogens is 588 g/mol. The summed E-state index contributed by atoms with van der Waals surface area (Å²) in [6.45, 7) is 6.17. The lowest BCUT2D eigenvalue weighted by Crippen LogP contribution is -2.25. The van der Waals surface area contributed by atoms with Gasteiger partial charge in [-0.25, -0.2) is 4.79 Å². The standard InChI is InChI=1S/C31H27ClN6O4S/c1-17-18(2)43-30-27(17)28(20-9-11-21(32)12-10-20)35-24(29-37-36-19(3)38(29)30)16-26(39)34-14-6-7-22-15-23(31(40)41-4)25(42-22)8-5-13-33/h9-12,15,24H,13-14,16,33H2,1-4H3,(H,34,39)/t24-/m0/s1. The van der Waals surface area contributed by atoms with E-state index in [9.17, 15) is 9.59 Å². The minimum Gasteiger partial charge on any atom is -0.465 e. The number of benzene rings is 1. The van der Waals surface area contributed by atoms with E-state index in [4.69, 9.17) is 31.5 Å². The van der Waals surface area contributed by atoms with E-state index >= 15 is 0 Å². The molecule has 0 radical (unpaired) electrons. The summed E-state index contributed by atoms with van der Waals surface area (Å²) in [5.74, 6) is 11.7. The fourth-order valence-electron chi connectivity index (χ4n) is 4.59. The lowest BCUT2D eigenvalue weighted by molar-refractivity contribution is -0.121. The van der Waals surface area contributed by atoms with Gasteiger partial charge in [0, 0.05) is 27.1 Å². The molecule has 5 rings (SSSR count). The topological polar surface area (TPSA) is 138 Å². The Morgan fingerprint density at radius 3 is 2.65 bits per heavy atom. The van der Waals surface area contributed by atoms with Gasteiger partial charge in [0.1, 0.15) is 22.4 Å². The number of ether oxygens (including phenoxy) is 1. The number of aryl methyl sites for hydroxylation is 2. The van der Waals surface area contributed by atoms with Gasteiger partial charge >= 0.3 is 5.97 Å². The second-order valence-corrected chi connectivity index (χ2v) is 11.2. The van der Waals surface area contributed by atoms with E-state index in [0.717, 1.165) is 32.3 Å². The molecule has 1 atom stereocenters. The van der Waals surface area contributed by atoms with Crippen LogP contribution in [0.3, 0.4) is 0 Å². The number of amides is 1. The summed E-state index contributed by atoms with van der Waals surface area (Å²) < 4.78 is 12.3. The van der Waals surface area contributed by atoms with E-state index in [2.05, 4.69) is 53.0 Å². The first kappa shape index (κ1) is 29.8. The van der Waals surface area contributed by atoms with Crippen molar-refractivity contribution in [3.05, 3.63) is 85.7 Å². The molecule has 43 heavy (non-hydrogen) atoms. The predicted molar refractivity (Wildman–Crippen MR) is 164 cm³/mol. The molecular formula is C31H27ClN6O4S. The number of furan rings is 1. The van der Waals surface area contributed by atoms with E-state index in [-0.39, 0.29) is 42.5 Å². The molecule has 0 aliphatic carbocycles. The Bertz CT molecular complexity index is 1880. The van der Waals surface area contributed by atoms with Crippen LogP contribution in [0.4, 0.5) is 0 Å². The molecule has 0 saturated carbocycles. The molecule has 0 fully saturated rings. The molecule has 1 aromatic carbocycles. The van der Waals surface area contributed by atoms with Crippen molar-refractivity contribution < 1.29 is 18.7 Å². The van der Waals surface area contributed by atoms with E-state index in [1.807, 2.05) is 35.8 Å². The van der Waals surface area contributed by atoms with Gasteiger partial charge in [0.15, 0.2) is 17.3 Å². The van der Waals surface area contributed by atoms with Crippen molar-refractivity contribution in [3.8, 4) is 28.7 Å². The summed E-state index contributed by atoms with van der Waals surface area (Å²) >= 11 is 7.82. The second kappa shape index (κ2) is 12.7. The highest BCUT2D eigenvalue weighted by Gasteiger charge is 2.32. The molecule has 1 aliphatic rings. The van der Waals surface area contributed by atoms with Crippen molar-refractivity contribution in [1.82, 2.24) is 20.1 Å². The van der Waals surface area contributed by atoms with Crippen LogP contribution >= 0.6 is 22.9 Å². The van der Waals surface area contributed by atoms with Crippen molar-refractivity contribution in [3.63, 3.8) is 0 Å². The molecule has 0 unspecified atom stereocenters. The van der Waals surface area contributed by atoms with Crippen molar-refractivity contribution in [2.75, 3.05) is 20.2 Å². The lowest BCUT2D eigenvalue weighted by Gasteiger charge is -2.12. The van der Waals surface area contributed by atoms with Crippen LogP contribution in [0.25, 0.3) is 5.00 Å². The third-order valence-electron chi connectivity index (χ3n) is 6.76. The van der Waals surface area contributed by atoms with Gasteiger partial charge < -0.3 is 20.2 Å². The van der Waals surface area contributed by atoms with Gasteiger partial charge in [-0.1, -0.05) is 35.6 Å². The Morgan fingerprint density at radius 2 is 1.93 bits per heavy atom. The zero-order chi connectivity index (χ0) is 30.7. The number of thiophene rings is 1. The van der Waals surface area contributed by atoms with Crippen LogP contribution in [0.5, 0.6) is 0 Å². The van der Waals surface area contributed by atoms with Gasteiger partial charge in [-0.2, -0.15) is 0 Å². The maximum Gasteiger partial charge on any atom is 0.342 e. The van der Waals surface area contributed by atoms with E-state index in [0.29, 0.717) is 16.7 Å². The number of carbonyl (C=O) groups excluding carboxylic acids is 2. The van der Waals surface area contributed by atoms with Crippen molar-refractivity contribution >= 4 is 40.5 Å². The Morgan fingerprint density at radius 1 is 1.16 bits per heavy atom. The first-order valence-electron chi connectivity index (χ1n) is 13.2. The van der Waals surface area contributed by atoms with Gasteiger partial charge in [0.2, 0.25) is 5.91 Å². The van der Waals surface area contributed by atoms with Gasteiger partial charge in [-0.05, 0) is 50.3 Å². The molecule has 218 valence electrons. The molecule has 10 nitrogen and oxygen atoms in total. The number of fused-ring (bicyclic) bond motifs is 3. The molecule has 0 spiro atoms. The molecule has 1 aliphatic heterocycles. The fourth-order valence-corrected chi connectivity index (χ4v) is 5.93. The number of carbonyl (C=O) groups is 2. The third kappa shape index (κ3) is 6.11. The Balaban J connectivity index is 1.40. The molecule has 4 heterocycles. The largest absolute Gasteiger partial charge is 0.465 e. The van der Waals surface area contributed by atoms with Crippen LogP contribution in [0.1, 0.15) is 67.6 Å². The zero-order valence-electron chi connectivity index (χ0n) is 23.9. The highest BCUT2D eigenvalue weighted by molar-refractivity contribution is 7.15. The van der Waals surface area contributed by atoms with Crippen LogP contribution in [0, 0.1) is 44.5 Å². The number of hydrogen-bond acceptors (Lipinski definition) is 9. The summed E-state index contributed by atoms with van der Waals surface area (Å²) in [4.78, 5) is 31.4. The summed E-state index contributed by atoms with van der Waals surface area (Å²) in [5, 5.41) is 13.2. The average Bonchev–Trinajstić information content (AvgIpc) is 3.64. The summed E-state index contributed by atoms with van der Waals surface area (Å²) in [7, 11) is 1.26. The fraction of sp³-hybridized carbons (Fsp3) is 0.258. The van der Waals surface area contributed by atoms with Gasteiger partial charge in [-0.15, -0.1) is 21.5 Å². The molecule has 3 aromatic heterocycles. The van der Waals surface area contributed by atoms with E-state index in [1.54, 1.807) is 11.3 Å². The number of nitrogens with one attached hydrogen (secondary N) is 1. The molecule has 3 N–H and O–H groups in total. The minimum atomic E-state index is -0.601. The first-order chi connectivity index (χ1) is 20.7. The molecule has 4 aromatic rings. The third-order valence-corrected chi connectivity index (χ3v) is 8.21. The van der Waals surface area contributed by atoms with Crippen LogP contribution in [-0.4, -0.2) is 52.6 Å². The Hall–Kier alpha value is -4.68. The van der Waals surface area contributed by atoms with Crippen LogP contribution < -0.4 is 11.1 Å². The van der Waals surface area contributed by atoms with Crippen molar-refractivity contribution in [2.45, 2.75) is 33.2 Å². The number of aliphatic imine (C=N–C) groups is 1. The number of nitrogens with two attached hydrogens (primary N) is 1. The molecule has 0 saturated heterocycles. The average molecular weight is 615 g/mol. The summed E-state index contributed by atoms with van der Waals surface area (Å²) in [5.41, 5.74) is 9.33. The number of aromatic nitrogens is 3. The SMILES string of the molecule is COC(=O)c1cc(C#CCNC(=O)C[C@@H]2N=C(c3ccc(Cl)cc3)c3c(sc(C)c3C)-n3c(C)nnc32)oc1C#CCN. The van der Waals surface area contributed by atoms with Gasteiger partial charge in [0.25, 0.3) is 0 Å². The minimum absolute atomic E-state index is 0.0238. The number of esters is 1.